The second-order valence-electron chi connectivity index (χ2n) is 7.32. The molecular formula is C24H25N3O2. The average Bonchev–Trinajstić information content (AvgIpc) is 3.27. The molecule has 4 rings (SSSR count). The second-order valence-corrected chi connectivity index (χ2v) is 7.32. The average molecular weight is 387 g/mol. The number of H-pyrrole nitrogens is 1. The maximum Gasteiger partial charge on any atom is 0.193 e. The zero-order valence-corrected chi connectivity index (χ0v) is 17.0. The van der Waals surface area contributed by atoms with Gasteiger partial charge in [0.1, 0.15) is 5.82 Å². The number of benzene rings is 2. The number of methoxy groups -OCH3 is 1. The molecule has 5 heteroatoms. The number of carbonyl (C=O) groups is 1. The summed E-state index contributed by atoms with van der Waals surface area (Å²) in [6, 6.07) is 15.0. The third kappa shape index (κ3) is 3.74. The summed E-state index contributed by atoms with van der Waals surface area (Å²) in [7, 11) is 1.73. The van der Waals surface area contributed by atoms with Crippen molar-refractivity contribution in [3.63, 3.8) is 0 Å². The molecule has 2 aromatic heterocycles. The van der Waals surface area contributed by atoms with Crippen molar-refractivity contribution in [2.75, 3.05) is 13.7 Å². The molecular weight excluding hydrogens is 362 g/mol. The van der Waals surface area contributed by atoms with Crippen molar-refractivity contribution in [2.45, 2.75) is 26.8 Å². The number of ketones is 1. The van der Waals surface area contributed by atoms with Crippen LogP contribution in [0, 0.1) is 13.8 Å². The van der Waals surface area contributed by atoms with Crippen molar-refractivity contribution in [1.82, 2.24) is 14.5 Å². The fourth-order valence-electron chi connectivity index (χ4n) is 3.82. The number of imidazole rings is 1. The molecule has 29 heavy (non-hydrogen) atoms. The van der Waals surface area contributed by atoms with Gasteiger partial charge >= 0.3 is 0 Å². The van der Waals surface area contributed by atoms with Crippen LogP contribution in [0.25, 0.3) is 22.4 Å². The van der Waals surface area contributed by atoms with Crippen LogP contribution >= 0.6 is 0 Å². The van der Waals surface area contributed by atoms with Crippen LogP contribution in [0.15, 0.2) is 54.7 Å². The molecule has 0 atom stereocenters. The Morgan fingerprint density at radius 1 is 1.10 bits per heavy atom. The summed E-state index contributed by atoms with van der Waals surface area (Å²) >= 11 is 0. The highest BCUT2D eigenvalue weighted by atomic mass is 16.5. The van der Waals surface area contributed by atoms with E-state index in [4.69, 9.17) is 9.72 Å². The molecule has 148 valence electrons. The molecule has 0 spiro atoms. The predicted molar refractivity (Wildman–Crippen MR) is 115 cm³/mol. The Hall–Kier alpha value is -3.18. The van der Waals surface area contributed by atoms with Gasteiger partial charge in [-0.05, 0) is 44.0 Å². The van der Waals surface area contributed by atoms with Crippen molar-refractivity contribution in [1.29, 1.82) is 0 Å². The summed E-state index contributed by atoms with van der Waals surface area (Å²) in [4.78, 5) is 21.0. The molecule has 1 N–H and O–H groups in total. The number of fused-ring (bicyclic) bond motifs is 1. The van der Waals surface area contributed by atoms with Crippen molar-refractivity contribution in [3.8, 4) is 11.4 Å². The third-order valence-electron chi connectivity index (χ3n) is 5.30. The Labute approximate surface area is 170 Å². The Balaban J connectivity index is 1.67. The number of rotatable bonds is 7. The van der Waals surface area contributed by atoms with Crippen LogP contribution in [0.3, 0.4) is 0 Å². The van der Waals surface area contributed by atoms with E-state index < -0.39 is 0 Å². The van der Waals surface area contributed by atoms with E-state index in [0.29, 0.717) is 11.1 Å². The highest BCUT2D eigenvalue weighted by Gasteiger charge is 2.16. The van der Waals surface area contributed by atoms with E-state index in [1.54, 1.807) is 7.11 Å². The van der Waals surface area contributed by atoms with E-state index in [-0.39, 0.29) is 5.78 Å². The van der Waals surface area contributed by atoms with E-state index in [1.165, 1.54) is 11.3 Å². The molecule has 2 heterocycles. The lowest BCUT2D eigenvalue weighted by atomic mass is 10.0. The van der Waals surface area contributed by atoms with Gasteiger partial charge < -0.3 is 14.3 Å². The smallest absolute Gasteiger partial charge is 0.193 e. The summed E-state index contributed by atoms with van der Waals surface area (Å²) in [5, 5.41) is 0. The molecule has 0 unspecified atom stereocenters. The van der Waals surface area contributed by atoms with E-state index in [1.807, 2.05) is 48.5 Å². The molecule has 0 bridgehead atoms. The Morgan fingerprint density at radius 2 is 1.90 bits per heavy atom. The Kier molecular flexibility index (Phi) is 5.32. The lowest BCUT2D eigenvalue weighted by Crippen LogP contribution is -2.02. The fourth-order valence-corrected chi connectivity index (χ4v) is 3.82. The number of carbonyl (C=O) groups excluding carboxylic acids is 1. The van der Waals surface area contributed by atoms with E-state index in [2.05, 4.69) is 29.6 Å². The molecule has 2 aromatic carbocycles. The number of hydrogen-bond donors (Lipinski definition) is 1. The molecule has 4 aromatic rings. The van der Waals surface area contributed by atoms with Gasteiger partial charge in [-0.3, -0.25) is 4.79 Å². The van der Waals surface area contributed by atoms with Crippen LogP contribution in [0.5, 0.6) is 0 Å². The van der Waals surface area contributed by atoms with Crippen LogP contribution in [0.2, 0.25) is 0 Å². The van der Waals surface area contributed by atoms with E-state index in [9.17, 15) is 4.79 Å². The van der Waals surface area contributed by atoms with Gasteiger partial charge in [0.25, 0.3) is 0 Å². The SMILES string of the molecule is COCCCn1cc(C)c(-c2nc3ccc(C(=O)c4ccccc4)cc3[nH]2)c1C. The zero-order valence-electron chi connectivity index (χ0n) is 17.0. The minimum absolute atomic E-state index is 0.0142. The van der Waals surface area contributed by atoms with Crippen LogP contribution in [0.1, 0.15) is 33.6 Å². The van der Waals surface area contributed by atoms with Crippen molar-refractivity contribution in [3.05, 3.63) is 77.1 Å². The summed E-state index contributed by atoms with van der Waals surface area (Å²) < 4.78 is 7.42. The molecule has 0 aliphatic rings. The van der Waals surface area contributed by atoms with Crippen LogP contribution in [-0.4, -0.2) is 34.0 Å². The standard InChI is InChI=1S/C24H25N3O2/c1-16-15-27(12-7-13-29-3)17(2)22(16)24-25-20-11-10-19(14-21(20)26-24)23(28)18-8-5-4-6-9-18/h4-6,8-11,14-15H,7,12-13H2,1-3H3,(H,25,26). The highest BCUT2D eigenvalue weighted by Crippen LogP contribution is 2.29. The monoisotopic (exact) mass is 387 g/mol. The summed E-state index contributed by atoms with van der Waals surface area (Å²) in [5.41, 5.74) is 6.55. The molecule has 0 aliphatic carbocycles. The third-order valence-corrected chi connectivity index (χ3v) is 5.30. The lowest BCUT2D eigenvalue weighted by molar-refractivity contribution is 0.103. The number of nitrogens with zero attached hydrogens (tertiary/aromatic N) is 2. The molecule has 0 radical (unpaired) electrons. The first-order chi connectivity index (χ1) is 14.1. The maximum absolute atomic E-state index is 12.8. The fraction of sp³-hybridized carbons (Fsp3) is 0.250. The summed E-state index contributed by atoms with van der Waals surface area (Å²) in [5.74, 6) is 0.852. The van der Waals surface area contributed by atoms with Crippen molar-refractivity contribution in [2.24, 2.45) is 0 Å². The number of ether oxygens (including phenoxy) is 1. The highest BCUT2D eigenvalue weighted by molar-refractivity contribution is 6.10. The predicted octanol–water partition coefficient (Wildman–Crippen LogP) is 4.92. The minimum atomic E-state index is 0.0142. The largest absolute Gasteiger partial charge is 0.385 e. The van der Waals surface area contributed by atoms with Gasteiger partial charge in [0, 0.05) is 48.8 Å². The van der Waals surface area contributed by atoms with E-state index in [0.717, 1.165) is 42.0 Å². The van der Waals surface area contributed by atoms with Gasteiger partial charge in [-0.15, -0.1) is 0 Å². The van der Waals surface area contributed by atoms with Gasteiger partial charge in [-0.2, -0.15) is 0 Å². The van der Waals surface area contributed by atoms with Crippen LogP contribution < -0.4 is 0 Å². The second kappa shape index (κ2) is 8.05. The molecule has 0 amide bonds. The Bertz CT molecular complexity index is 1160. The molecule has 0 fully saturated rings. The van der Waals surface area contributed by atoms with Crippen LogP contribution in [0.4, 0.5) is 0 Å². The zero-order chi connectivity index (χ0) is 20.4. The van der Waals surface area contributed by atoms with E-state index >= 15 is 0 Å². The molecule has 5 nitrogen and oxygen atoms in total. The van der Waals surface area contributed by atoms with Gasteiger partial charge in [0.2, 0.25) is 0 Å². The summed E-state index contributed by atoms with van der Waals surface area (Å²) in [6.07, 6.45) is 3.13. The molecule has 0 aliphatic heterocycles. The molecule has 0 saturated heterocycles. The lowest BCUT2D eigenvalue weighted by Gasteiger charge is -2.06. The van der Waals surface area contributed by atoms with Crippen LogP contribution in [-0.2, 0) is 11.3 Å². The normalized spacial score (nSPS) is 11.3. The number of nitrogens with one attached hydrogen (secondary N) is 1. The van der Waals surface area contributed by atoms with Gasteiger partial charge in [-0.25, -0.2) is 4.98 Å². The number of aromatic nitrogens is 3. The van der Waals surface area contributed by atoms with Crippen molar-refractivity contribution >= 4 is 16.8 Å². The van der Waals surface area contributed by atoms with Crippen molar-refractivity contribution < 1.29 is 9.53 Å². The first-order valence-corrected chi connectivity index (χ1v) is 9.83. The quantitative estimate of drug-likeness (QED) is 0.362. The van der Waals surface area contributed by atoms with Gasteiger partial charge in [0.15, 0.2) is 5.78 Å². The number of aromatic amines is 1. The Morgan fingerprint density at radius 3 is 2.66 bits per heavy atom. The number of hydrogen-bond acceptors (Lipinski definition) is 3. The van der Waals surface area contributed by atoms with Gasteiger partial charge in [-0.1, -0.05) is 30.3 Å². The first kappa shape index (κ1) is 19.2. The maximum atomic E-state index is 12.8. The first-order valence-electron chi connectivity index (χ1n) is 9.83. The minimum Gasteiger partial charge on any atom is -0.385 e. The van der Waals surface area contributed by atoms with Gasteiger partial charge in [0.05, 0.1) is 11.0 Å². The molecule has 0 saturated carbocycles. The number of aryl methyl sites for hydroxylation is 2. The topological polar surface area (TPSA) is 59.9 Å². The summed E-state index contributed by atoms with van der Waals surface area (Å²) in [6.45, 7) is 5.88.